The number of nitrogens with one attached hydrogen (secondary N) is 1. The molecule has 0 bridgehead atoms. The van der Waals surface area contributed by atoms with Gasteiger partial charge >= 0.3 is 6.03 Å². The highest BCUT2D eigenvalue weighted by Gasteiger charge is 2.25. The summed E-state index contributed by atoms with van der Waals surface area (Å²) < 4.78 is 1.66. The summed E-state index contributed by atoms with van der Waals surface area (Å²) in [6.45, 7) is 5.92. The quantitative estimate of drug-likeness (QED) is 0.447. The molecule has 2 amide bonds. The summed E-state index contributed by atoms with van der Waals surface area (Å²) in [5.41, 5.74) is 4.08. The number of hydrogen-bond acceptors (Lipinski definition) is 3. The average Bonchev–Trinajstić information content (AvgIpc) is 2.83. The van der Waals surface area contributed by atoms with E-state index in [1.807, 2.05) is 80.6 Å². The molecule has 6 heteroatoms. The number of aromatic nitrogens is 2. The predicted molar refractivity (Wildman–Crippen MR) is 133 cm³/mol. The summed E-state index contributed by atoms with van der Waals surface area (Å²) in [6, 6.07) is 22.1. The van der Waals surface area contributed by atoms with Crippen molar-refractivity contribution in [2.24, 2.45) is 0 Å². The Hall–Kier alpha value is -3.93. The second-order valence-corrected chi connectivity index (χ2v) is 8.20. The topological polar surface area (TPSA) is 67.2 Å². The lowest BCUT2D eigenvalue weighted by atomic mass is 10.1. The van der Waals surface area contributed by atoms with Gasteiger partial charge in [0.2, 0.25) is 0 Å². The molecule has 1 atom stereocenters. The first kappa shape index (κ1) is 22.3. The molecule has 3 aromatic carbocycles. The van der Waals surface area contributed by atoms with Crippen molar-refractivity contribution in [1.82, 2.24) is 14.5 Å². The molecule has 0 saturated carbocycles. The van der Waals surface area contributed by atoms with E-state index in [-0.39, 0.29) is 11.6 Å². The highest BCUT2D eigenvalue weighted by molar-refractivity contribution is 5.89. The number of nitrogens with zero attached hydrogens (tertiary/aromatic N) is 3. The predicted octanol–water partition coefficient (Wildman–Crippen LogP) is 5.48. The highest BCUT2D eigenvalue weighted by Crippen LogP contribution is 2.24. The largest absolute Gasteiger partial charge is 0.322 e. The number of fused-ring (bicyclic) bond motifs is 1. The first-order valence-corrected chi connectivity index (χ1v) is 11.1. The molecule has 1 unspecified atom stereocenters. The van der Waals surface area contributed by atoms with Crippen LogP contribution in [0.25, 0.3) is 16.6 Å². The molecule has 0 aliphatic heterocycles. The molecule has 168 valence electrons. The summed E-state index contributed by atoms with van der Waals surface area (Å²) in [6.07, 6.45) is 0.771. The van der Waals surface area contributed by atoms with Crippen molar-refractivity contribution >= 4 is 22.6 Å². The second kappa shape index (κ2) is 9.28. The van der Waals surface area contributed by atoms with Gasteiger partial charge in [-0.15, -0.1) is 0 Å². The minimum atomic E-state index is -0.461. The van der Waals surface area contributed by atoms with Crippen LogP contribution in [0.4, 0.5) is 10.5 Å². The van der Waals surface area contributed by atoms with Gasteiger partial charge in [-0.05, 0) is 61.7 Å². The number of anilines is 1. The van der Waals surface area contributed by atoms with E-state index >= 15 is 0 Å². The zero-order valence-electron chi connectivity index (χ0n) is 19.4. The van der Waals surface area contributed by atoms with Gasteiger partial charge in [-0.3, -0.25) is 9.36 Å². The monoisotopic (exact) mass is 440 g/mol. The number of urea groups is 1. The molecule has 0 aliphatic carbocycles. The second-order valence-electron chi connectivity index (χ2n) is 8.20. The molecular weight excluding hydrogens is 412 g/mol. The van der Waals surface area contributed by atoms with E-state index in [0.717, 1.165) is 28.9 Å². The van der Waals surface area contributed by atoms with Gasteiger partial charge in [0.15, 0.2) is 0 Å². The number of benzene rings is 3. The summed E-state index contributed by atoms with van der Waals surface area (Å²) >= 11 is 0. The van der Waals surface area contributed by atoms with Crippen LogP contribution in [0.1, 0.15) is 36.8 Å². The lowest BCUT2D eigenvalue weighted by Crippen LogP contribution is -2.37. The maximum atomic E-state index is 13.6. The number of hydrogen-bond donors (Lipinski definition) is 1. The SMILES string of the molecule is CCc1ccccc1-n1c(C(C)N(C)C(=O)Nc2cccc(C)c2)nc2ccccc2c1=O. The van der Waals surface area contributed by atoms with E-state index in [4.69, 9.17) is 4.98 Å². The average molecular weight is 441 g/mol. The fourth-order valence-corrected chi connectivity index (χ4v) is 3.97. The van der Waals surface area contributed by atoms with Crippen LogP contribution in [0.2, 0.25) is 0 Å². The third-order valence-corrected chi connectivity index (χ3v) is 5.96. The number of rotatable bonds is 5. The molecule has 1 aromatic heterocycles. The van der Waals surface area contributed by atoms with Crippen LogP contribution in [0.15, 0.2) is 77.6 Å². The minimum absolute atomic E-state index is 0.143. The first-order valence-electron chi connectivity index (χ1n) is 11.1. The number of carbonyl (C=O) groups is 1. The molecule has 0 radical (unpaired) electrons. The maximum Gasteiger partial charge on any atom is 0.322 e. The number of para-hydroxylation sites is 2. The molecule has 1 N–H and O–H groups in total. The summed E-state index contributed by atoms with van der Waals surface area (Å²) in [7, 11) is 1.72. The van der Waals surface area contributed by atoms with Gasteiger partial charge in [-0.1, -0.05) is 49.4 Å². The van der Waals surface area contributed by atoms with Crippen LogP contribution in [0.5, 0.6) is 0 Å². The van der Waals surface area contributed by atoms with Crippen molar-refractivity contribution < 1.29 is 4.79 Å². The Kier molecular flexibility index (Phi) is 6.27. The van der Waals surface area contributed by atoms with Crippen LogP contribution in [0, 0.1) is 6.92 Å². The summed E-state index contributed by atoms with van der Waals surface area (Å²) in [4.78, 5) is 33.1. The molecule has 0 aliphatic rings. The fourth-order valence-electron chi connectivity index (χ4n) is 3.97. The molecule has 33 heavy (non-hydrogen) atoms. The van der Waals surface area contributed by atoms with E-state index in [1.165, 1.54) is 0 Å². The molecule has 6 nitrogen and oxygen atoms in total. The fraction of sp³-hybridized carbons (Fsp3) is 0.222. The summed E-state index contributed by atoms with van der Waals surface area (Å²) in [5, 5.41) is 3.49. The zero-order valence-corrected chi connectivity index (χ0v) is 19.4. The van der Waals surface area contributed by atoms with Gasteiger partial charge in [0.25, 0.3) is 5.56 Å². The van der Waals surface area contributed by atoms with Crippen molar-refractivity contribution in [3.8, 4) is 5.69 Å². The van der Waals surface area contributed by atoms with E-state index in [0.29, 0.717) is 16.7 Å². The Morgan fingerprint density at radius 3 is 2.55 bits per heavy atom. The van der Waals surface area contributed by atoms with Crippen molar-refractivity contribution in [3.63, 3.8) is 0 Å². The molecule has 0 spiro atoms. The number of carbonyl (C=O) groups excluding carboxylic acids is 1. The first-order chi connectivity index (χ1) is 15.9. The smallest absolute Gasteiger partial charge is 0.318 e. The molecule has 4 aromatic rings. The van der Waals surface area contributed by atoms with E-state index < -0.39 is 6.04 Å². The van der Waals surface area contributed by atoms with Gasteiger partial charge in [0.05, 0.1) is 22.6 Å². The number of aryl methyl sites for hydroxylation is 2. The Morgan fingerprint density at radius 1 is 1.06 bits per heavy atom. The van der Waals surface area contributed by atoms with Crippen LogP contribution >= 0.6 is 0 Å². The van der Waals surface area contributed by atoms with E-state index in [9.17, 15) is 9.59 Å². The molecule has 4 rings (SSSR count). The van der Waals surface area contributed by atoms with Crippen molar-refractivity contribution in [2.75, 3.05) is 12.4 Å². The normalized spacial score (nSPS) is 11.9. The molecular formula is C27H28N4O2. The van der Waals surface area contributed by atoms with E-state index in [1.54, 1.807) is 22.6 Å². The lowest BCUT2D eigenvalue weighted by Gasteiger charge is -2.27. The van der Waals surface area contributed by atoms with Gasteiger partial charge in [-0.2, -0.15) is 0 Å². The van der Waals surface area contributed by atoms with Crippen LogP contribution in [-0.4, -0.2) is 27.5 Å². The Bertz CT molecular complexity index is 1380. The van der Waals surface area contributed by atoms with Crippen LogP contribution in [0.3, 0.4) is 0 Å². The zero-order chi connectivity index (χ0) is 23.5. The standard InChI is InChI=1S/C27H28N4O2/c1-5-20-12-6-9-16-24(20)31-25(29-23-15-8-7-14-22(23)26(31)32)19(3)30(4)27(33)28-21-13-10-11-18(2)17-21/h6-17,19H,5H2,1-4H3,(H,28,33). The molecule has 0 fully saturated rings. The molecule has 1 heterocycles. The highest BCUT2D eigenvalue weighted by atomic mass is 16.2. The van der Waals surface area contributed by atoms with Crippen molar-refractivity contribution in [1.29, 1.82) is 0 Å². The Morgan fingerprint density at radius 2 is 1.79 bits per heavy atom. The summed E-state index contributed by atoms with van der Waals surface area (Å²) in [5.74, 6) is 0.515. The third-order valence-electron chi connectivity index (χ3n) is 5.96. The lowest BCUT2D eigenvalue weighted by molar-refractivity contribution is 0.205. The van der Waals surface area contributed by atoms with Gasteiger partial charge in [-0.25, -0.2) is 9.78 Å². The van der Waals surface area contributed by atoms with Crippen LogP contribution in [-0.2, 0) is 6.42 Å². The van der Waals surface area contributed by atoms with Crippen LogP contribution < -0.4 is 10.9 Å². The van der Waals surface area contributed by atoms with Gasteiger partial charge in [0.1, 0.15) is 5.82 Å². The van der Waals surface area contributed by atoms with Gasteiger partial charge < -0.3 is 10.2 Å². The van der Waals surface area contributed by atoms with E-state index in [2.05, 4.69) is 12.2 Å². The van der Waals surface area contributed by atoms with Crippen molar-refractivity contribution in [2.45, 2.75) is 33.2 Å². The minimum Gasteiger partial charge on any atom is -0.318 e. The Balaban J connectivity index is 1.82. The maximum absolute atomic E-state index is 13.6. The molecule has 0 saturated heterocycles. The number of amides is 2. The van der Waals surface area contributed by atoms with Crippen molar-refractivity contribution in [3.05, 3.63) is 100 Å². The van der Waals surface area contributed by atoms with Gasteiger partial charge in [0, 0.05) is 12.7 Å². The Labute approximate surface area is 193 Å². The third kappa shape index (κ3) is 4.37.